The first-order valence-corrected chi connectivity index (χ1v) is 8.59. The van der Waals surface area contributed by atoms with Crippen molar-refractivity contribution in [2.24, 2.45) is 0 Å². The zero-order valence-electron chi connectivity index (χ0n) is 15.6. The molecule has 0 radical (unpaired) electrons. The number of hydrogen-bond donors (Lipinski definition) is 1. The minimum absolute atomic E-state index is 0.00775. The molecular weight excluding hydrogens is 365 g/mol. The van der Waals surface area contributed by atoms with E-state index in [0.29, 0.717) is 23.5 Å². The Morgan fingerprint density at radius 2 is 1.93 bits per heavy atom. The Labute approximate surface area is 162 Å². The molecule has 0 saturated heterocycles. The third-order valence-electron chi connectivity index (χ3n) is 3.75. The van der Waals surface area contributed by atoms with Gasteiger partial charge in [-0.1, -0.05) is 30.3 Å². The number of allylic oxidation sites excluding steroid dienone is 1. The number of esters is 1. The molecule has 28 heavy (non-hydrogen) atoms. The number of hydrogen-bond acceptors (Lipinski definition) is 5. The van der Waals surface area contributed by atoms with Crippen LogP contribution in [-0.4, -0.2) is 32.2 Å². The monoisotopic (exact) mass is 387 g/mol. The second-order valence-electron chi connectivity index (χ2n) is 5.80. The summed E-state index contributed by atoms with van der Waals surface area (Å²) in [4.78, 5) is 23.5. The molecule has 0 aliphatic carbocycles. The Bertz CT molecular complexity index is 837. The maximum atomic E-state index is 13.5. The first-order chi connectivity index (χ1) is 13.5. The highest BCUT2D eigenvalue weighted by Crippen LogP contribution is 2.28. The van der Waals surface area contributed by atoms with Crippen LogP contribution in [0.1, 0.15) is 11.1 Å². The summed E-state index contributed by atoms with van der Waals surface area (Å²) in [7, 11) is 1.50. The molecule has 0 aliphatic heterocycles. The highest BCUT2D eigenvalue weighted by Gasteiger charge is 2.12. The number of amides is 1. The fourth-order valence-corrected chi connectivity index (χ4v) is 2.34. The normalized spacial score (nSPS) is 10.1. The van der Waals surface area contributed by atoms with Crippen molar-refractivity contribution in [2.75, 3.05) is 20.3 Å². The van der Waals surface area contributed by atoms with Gasteiger partial charge < -0.3 is 19.5 Å². The van der Waals surface area contributed by atoms with Crippen LogP contribution in [0.4, 0.5) is 4.39 Å². The van der Waals surface area contributed by atoms with Crippen molar-refractivity contribution < 1.29 is 28.2 Å². The van der Waals surface area contributed by atoms with E-state index in [1.165, 1.54) is 13.2 Å². The SMILES string of the molecule is C=CCc1ccc(OCC(=O)OCC(=O)NCc2ccccc2F)c(OC)c1. The van der Waals surface area contributed by atoms with E-state index in [1.54, 1.807) is 36.4 Å². The van der Waals surface area contributed by atoms with Gasteiger partial charge >= 0.3 is 5.97 Å². The van der Waals surface area contributed by atoms with Crippen LogP contribution < -0.4 is 14.8 Å². The van der Waals surface area contributed by atoms with Crippen LogP contribution in [-0.2, 0) is 27.3 Å². The lowest BCUT2D eigenvalue weighted by molar-refractivity contribution is -0.150. The van der Waals surface area contributed by atoms with Gasteiger partial charge in [-0.05, 0) is 30.2 Å². The number of carbonyl (C=O) groups excluding carboxylic acids is 2. The van der Waals surface area contributed by atoms with Gasteiger partial charge in [0.1, 0.15) is 5.82 Å². The highest BCUT2D eigenvalue weighted by molar-refractivity contribution is 5.80. The number of ether oxygens (including phenoxy) is 3. The zero-order chi connectivity index (χ0) is 20.4. The van der Waals surface area contributed by atoms with Crippen LogP contribution in [0.15, 0.2) is 55.1 Å². The van der Waals surface area contributed by atoms with Gasteiger partial charge in [0.15, 0.2) is 24.7 Å². The Hall–Kier alpha value is -3.35. The molecule has 7 heteroatoms. The lowest BCUT2D eigenvalue weighted by Crippen LogP contribution is -2.29. The van der Waals surface area contributed by atoms with E-state index >= 15 is 0 Å². The lowest BCUT2D eigenvalue weighted by atomic mass is 10.1. The summed E-state index contributed by atoms with van der Waals surface area (Å²) < 4.78 is 29.0. The Kier molecular flexibility index (Phi) is 8.02. The van der Waals surface area contributed by atoms with Crippen molar-refractivity contribution in [3.05, 3.63) is 72.1 Å². The molecule has 0 aliphatic rings. The first kappa shape index (κ1) is 21.0. The molecule has 0 bridgehead atoms. The molecule has 2 rings (SSSR count). The summed E-state index contributed by atoms with van der Waals surface area (Å²) in [6.45, 7) is 2.83. The topological polar surface area (TPSA) is 73.9 Å². The van der Waals surface area contributed by atoms with E-state index in [-0.39, 0.29) is 13.2 Å². The van der Waals surface area contributed by atoms with Gasteiger partial charge in [-0.25, -0.2) is 9.18 Å². The standard InChI is InChI=1S/C21H22FNO5/c1-3-6-15-9-10-18(19(11-15)26-2)27-14-21(25)28-13-20(24)23-12-16-7-4-5-8-17(16)22/h3-5,7-11H,1,6,12-14H2,2H3,(H,23,24). The predicted molar refractivity (Wildman–Crippen MR) is 102 cm³/mol. The van der Waals surface area contributed by atoms with Crippen molar-refractivity contribution in [3.8, 4) is 11.5 Å². The molecule has 0 atom stereocenters. The largest absolute Gasteiger partial charge is 0.493 e. The highest BCUT2D eigenvalue weighted by atomic mass is 19.1. The predicted octanol–water partition coefficient (Wildman–Crippen LogP) is 2.80. The Morgan fingerprint density at radius 1 is 1.14 bits per heavy atom. The quantitative estimate of drug-likeness (QED) is 0.501. The second-order valence-corrected chi connectivity index (χ2v) is 5.80. The van der Waals surface area contributed by atoms with Crippen LogP contribution in [0.3, 0.4) is 0 Å². The summed E-state index contributed by atoms with van der Waals surface area (Å²) in [5.41, 5.74) is 1.34. The molecule has 1 amide bonds. The minimum Gasteiger partial charge on any atom is -0.493 e. The van der Waals surface area contributed by atoms with E-state index < -0.39 is 24.3 Å². The number of rotatable bonds is 10. The van der Waals surface area contributed by atoms with Gasteiger partial charge in [-0.2, -0.15) is 0 Å². The summed E-state index contributed by atoms with van der Waals surface area (Å²) in [5, 5.41) is 2.48. The maximum Gasteiger partial charge on any atom is 0.344 e. The molecule has 0 heterocycles. The van der Waals surface area contributed by atoms with E-state index in [4.69, 9.17) is 14.2 Å². The van der Waals surface area contributed by atoms with Crippen LogP contribution >= 0.6 is 0 Å². The van der Waals surface area contributed by atoms with Crippen LogP contribution in [0.2, 0.25) is 0 Å². The molecule has 0 aromatic heterocycles. The van der Waals surface area contributed by atoms with Gasteiger partial charge in [0, 0.05) is 12.1 Å². The minimum atomic E-state index is -0.710. The maximum absolute atomic E-state index is 13.5. The van der Waals surface area contributed by atoms with Crippen LogP contribution in [0.25, 0.3) is 0 Å². The second kappa shape index (κ2) is 10.7. The van der Waals surface area contributed by atoms with E-state index in [9.17, 15) is 14.0 Å². The zero-order valence-corrected chi connectivity index (χ0v) is 15.6. The number of carbonyl (C=O) groups is 2. The summed E-state index contributed by atoms with van der Waals surface area (Å²) in [6, 6.07) is 11.4. The number of nitrogens with one attached hydrogen (secondary N) is 1. The molecule has 2 aromatic carbocycles. The van der Waals surface area contributed by atoms with Gasteiger partial charge in [-0.3, -0.25) is 4.79 Å². The molecule has 6 nitrogen and oxygen atoms in total. The average molecular weight is 387 g/mol. The number of benzene rings is 2. The van der Waals surface area contributed by atoms with E-state index in [1.807, 2.05) is 6.07 Å². The summed E-state index contributed by atoms with van der Waals surface area (Å²) in [5.74, 6) is -0.798. The molecule has 148 valence electrons. The average Bonchev–Trinajstić information content (AvgIpc) is 2.70. The summed E-state index contributed by atoms with van der Waals surface area (Å²) in [6.07, 6.45) is 2.45. The molecule has 0 fully saturated rings. The fourth-order valence-electron chi connectivity index (χ4n) is 2.34. The molecule has 2 aromatic rings. The van der Waals surface area contributed by atoms with Crippen molar-refractivity contribution in [2.45, 2.75) is 13.0 Å². The third kappa shape index (κ3) is 6.42. The molecule has 0 spiro atoms. The molecule has 1 N–H and O–H groups in total. The van der Waals surface area contributed by atoms with Gasteiger partial charge in [0.05, 0.1) is 7.11 Å². The van der Waals surface area contributed by atoms with Gasteiger partial charge in [0.25, 0.3) is 5.91 Å². The van der Waals surface area contributed by atoms with Crippen molar-refractivity contribution in [1.29, 1.82) is 0 Å². The van der Waals surface area contributed by atoms with Crippen molar-refractivity contribution in [1.82, 2.24) is 5.32 Å². The van der Waals surface area contributed by atoms with Gasteiger partial charge in [-0.15, -0.1) is 6.58 Å². The fraction of sp³-hybridized carbons (Fsp3) is 0.238. The lowest BCUT2D eigenvalue weighted by Gasteiger charge is -2.12. The smallest absolute Gasteiger partial charge is 0.344 e. The molecular formula is C21H22FNO5. The number of halogens is 1. The van der Waals surface area contributed by atoms with Gasteiger partial charge in [0.2, 0.25) is 0 Å². The Morgan fingerprint density at radius 3 is 2.64 bits per heavy atom. The van der Waals surface area contributed by atoms with Crippen LogP contribution in [0, 0.1) is 5.82 Å². The van der Waals surface area contributed by atoms with E-state index in [0.717, 1.165) is 5.56 Å². The van der Waals surface area contributed by atoms with Crippen molar-refractivity contribution >= 4 is 11.9 Å². The van der Waals surface area contributed by atoms with Crippen molar-refractivity contribution in [3.63, 3.8) is 0 Å². The third-order valence-corrected chi connectivity index (χ3v) is 3.75. The first-order valence-electron chi connectivity index (χ1n) is 8.59. The number of methoxy groups -OCH3 is 1. The van der Waals surface area contributed by atoms with E-state index in [2.05, 4.69) is 11.9 Å². The molecule has 0 unspecified atom stereocenters. The summed E-state index contributed by atoms with van der Waals surface area (Å²) >= 11 is 0. The van der Waals surface area contributed by atoms with Crippen LogP contribution in [0.5, 0.6) is 11.5 Å². The Balaban J connectivity index is 1.76. The molecule has 0 saturated carbocycles.